The molecule has 0 fully saturated rings. The Morgan fingerprint density at radius 1 is 1.29 bits per heavy atom. The van der Waals surface area contributed by atoms with Crippen LogP contribution in [0.3, 0.4) is 0 Å². The Morgan fingerprint density at radius 3 is 2.83 bits per heavy atom. The largest absolute Gasteiger partial charge is 0.272 e. The average Bonchev–Trinajstić information content (AvgIpc) is 2.98. The maximum absolute atomic E-state index is 12.2. The van der Waals surface area contributed by atoms with Gasteiger partial charge in [0.1, 0.15) is 0 Å². The van der Waals surface area contributed by atoms with Crippen molar-refractivity contribution < 1.29 is 4.79 Å². The van der Waals surface area contributed by atoms with Crippen LogP contribution in [-0.2, 0) is 4.79 Å². The van der Waals surface area contributed by atoms with Gasteiger partial charge < -0.3 is 0 Å². The lowest BCUT2D eigenvalue weighted by atomic mass is 10.2. The van der Waals surface area contributed by atoms with Crippen LogP contribution < -0.4 is 5.43 Å². The van der Waals surface area contributed by atoms with Gasteiger partial charge in [0.05, 0.1) is 21.7 Å². The van der Waals surface area contributed by atoms with Gasteiger partial charge in [-0.25, -0.2) is 10.4 Å². The summed E-state index contributed by atoms with van der Waals surface area (Å²) in [6.45, 7) is 1.85. The van der Waals surface area contributed by atoms with E-state index in [1.165, 1.54) is 11.8 Å². The minimum atomic E-state index is -0.276. The molecule has 1 aromatic heterocycles. The van der Waals surface area contributed by atoms with Crippen LogP contribution in [0.1, 0.15) is 12.5 Å². The third-order valence-electron chi connectivity index (χ3n) is 3.20. The number of halogens is 1. The second-order valence-electron chi connectivity index (χ2n) is 4.96. The Kier molecular flexibility index (Phi) is 5.65. The van der Waals surface area contributed by atoms with Gasteiger partial charge in [-0.15, -0.1) is 11.3 Å². The van der Waals surface area contributed by atoms with Gasteiger partial charge in [0.15, 0.2) is 4.34 Å². The Morgan fingerprint density at radius 2 is 2.04 bits per heavy atom. The maximum atomic E-state index is 12.2. The zero-order valence-corrected chi connectivity index (χ0v) is 16.0. The maximum Gasteiger partial charge on any atom is 0.253 e. The number of fused-ring (bicyclic) bond motifs is 1. The lowest BCUT2D eigenvalue weighted by Crippen LogP contribution is -2.26. The molecular weight excluding hydrogens is 406 g/mol. The van der Waals surface area contributed by atoms with Gasteiger partial charge in [-0.1, -0.05) is 58.0 Å². The first-order chi connectivity index (χ1) is 11.6. The summed E-state index contributed by atoms with van der Waals surface area (Å²) in [5.74, 6) is -0.150. The monoisotopic (exact) mass is 419 g/mol. The molecule has 3 rings (SSSR count). The van der Waals surface area contributed by atoms with E-state index in [1.807, 2.05) is 55.5 Å². The lowest BCUT2D eigenvalue weighted by molar-refractivity contribution is -0.120. The number of hydrogen-bond acceptors (Lipinski definition) is 5. The summed E-state index contributed by atoms with van der Waals surface area (Å²) in [6.07, 6.45) is 1.62. The van der Waals surface area contributed by atoms with Crippen molar-refractivity contribution in [3.63, 3.8) is 0 Å². The van der Waals surface area contributed by atoms with Crippen molar-refractivity contribution in [3.05, 3.63) is 58.6 Å². The van der Waals surface area contributed by atoms with Crippen LogP contribution in [0.4, 0.5) is 0 Å². The first-order valence-corrected chi connectivity index (χ1v) is 9.72. The summed E-state index contributed by atoms with van der Waals surface area (Å²) in [5.41, 5.74) is 4.45. The van der Waals surface area contributed by atoms with Crippen molar-refractivity contribution in [2.75, 3.05) is 0 Å². The molecule has 1 atom stereocenters. The topological polar surface area (TPSA) is 54.4 Å². The summed E-state index contributed by atoms with van der Waals surface area (Å²) < 4.78 is 2.94. The first kappa shape index (κ1) is 17.1. The molecular formula is C17H14BrN3OS2. The fourth-order valence-electron chi connectivity index (χ4n) is 1.94. The number of thiazole rings is 1. The predicted octanol–water partition coefficient (Wildman–Crippen LogP) is 4.69. The molecule has 1 heterocycles. The van der Waals surface area contributed by atoms with Crippen molar-refractivity contribution in [1.82, 2.24) is 10.4 Å². The number of carbonyl (C=O) groups is 1. The van der Waals surface area contributed by atoms with Gasteiger partial charge in [-0.3, -0.25) is 4.79 Å². The molecule has 1 N–H and O–H groups in total. The van der Waals surface area contributed by atoms with Crippen LogP contribution in [0.25, 0.3) is 10.2 Å². The van der Waals surface area contributed by atoms with Crippen molar-refractivity contribution in [2.24, 2.45) is 5.10 Å². The van der Waals surface area contributed by atoms with E-state index >= 15 is 0 Å². The molecule has 4 nitrogen and oxygen atoms in total. The van der Waals surface area contributed by atoms with Crippen molar-refractivity contribution in [1.29, 1.82) is 0 Å². The second-order valence-corrected chi connectivity index (χ2v) is 8.44. The number of rotatable bonds is 5. The number of para-hydroxylation sites is 1. The summed E-state index contributed by atoms with van der Waals surface area (Å²) in [6, 6.07) is 15.6. The van der Waals surface area contributed by atoms with Gasteiger partial charge in [-0.05, 0) is 25.1 Å². The zero-order valence-electron chi connectivity index (χ0n) is 12.8. The Labute approximate surface area is 156 Å². The molecule has 1 amide bonds. The molecule has 0 bridgehead atoms. The quantitative estimate of drug-likeness (QED) is 0.370. The van der Waals surface area contributed by atoms with Crippen LogP contribution in [0.15, 0.2) is 62.4 Å². The van der Waals surface area contributed by atoms with Crippen molar-refractivity contribution in [2.45, 2.75) is 16.5 Å². The molecule has 0 aliphatic rings. The fraction of sp³-hybridized carbons (Fsp3) is 0.118. The molecule has 0 aliphatic carbocycles. The molecule has 0 saturated heterocycles. The van der Waals surface area contributed by atoms with Crippen LogP contribution in [0, 0.1) is 0 Å². The minimum Gasteiger partial charge on any atom is -0.272 e. The highest BCUT2D eigenvalue weighted by molar-refractivity contribution is 9.10. The zero-order chi connectivity index (χ0) is 16.9. The molecule has 1 unspecified atom stereocenters. The highest BCUT2D eigenvalue weighted by Crippen LogP contribution is 2.31. The van der Waals surface area contributed by atoms with Crippen LogP contribution in [0.5, 0.6) is 0 Å². The van der Waals surface area contributed by atoms with E-state index in [4.69, 9.17) is 0 Å². The summed E-state index contributed by atoms with van der Waals surface area (Å²) in [5, 5.41) is 3.75. The van der Waals surface area contributed by atoms with Crippen molar-refractivity contribution >= 4 is 61.4 Å². The number of nitrogens with zero attached hydrogens (tertiary/aromatic N) is 2. The Bertz CT molecular complexity index is 861. The standard InChI is InChI=1S/C17H14BrN3OS2/c1-11(23-17-20-14-8-4-5-9-15(14)24-17)16(22)21-19-10-12-6-2-3-7-13(12)18/h2-11H,1H3,(H,21,22). The van der Waals surface area contributed by atoms with E-state index in [1.54, 1.807) is 17.6 Å². The van der Waals surface area contributed by atoms with Gasteiger partial charge in [0.25, 0.3) is 5.91 Å². The number of aromatic nitrogens is 1. The van der Waals surface area contributed by atoms with Crippen LogP contribution >= 0.6 is 39.0 Å². The first-order valence-electron chi connectivity index (χ1n) is 7.23. The van der Waals surface area contributed by atoms with Crippen LogP contribution in [-0.4, -0.2) is 22.4 Å². The molecule has 122 valence electrons. The van der Waals surface area contributed by atoms with Gasteiger partial charge in [-0.2, -0.15) is 5.10 Å². The Balaban J connectivity index is 1.59. The third kappa shape index (κ3) is 4.23. The molecule has 24 heavy (non-hydrogen) atoms. The number of hydrazone groups is 1. The molecule has 2 aromatic carbocycles. The molecule has 0 radical (unpaired) electrons. The Hall–Kier alpha value is -1.70. The second kappa shape index (κ2) is 7.92. The van der Waals surface area contributed by atoms with Gasteiger partial charge in [0, 0.05) is 10.0 Å². The summed E-state index contributed by atoms with van der Waals surface area (Å²) in [4.78, 5) is 16.7. The van der Waals surface area contributed by atoms with E-state index in [9.17, 15) is 4.79 Å². The minimum absolute atomic E-state index is 0.150. The van der Waals surface area contributed by atoms with Gasteiger partial charge in [0.2, 0.25) is 0 Å². The van der Waals surface area contributed by atoms with E-state index in [0.29, 0.717) is 0 Å². The van der Waals surface area contributed by atoms with Crippen LogP contribution in [0.2, 0.25) is 0 Å². The molecule has 0 aliphatic heterocycles. The van der Waals surface area contributed by atoms with Gasteiger partial charge >= 0.3 is 0 Å². The molecule has 7 heteroatoms. The summed E-state index contributed by atoms with van der Waals surface area (Å²) in [7, 11) is 0. The normalized spacial score (nSPS) is 12.6. The molecule has 0 spiro atoms. The van der Waals surface area contributed by atoms with E-state index in [2.05, 4.69) is 31.4 Å². The summed E-state index contributed by atoms with van der Waals surface area (Å²) >= 11 is 6.47. The predicted molar refractivity (Wildman–Crippen MR) is 105 cm³/mol. The molecule has 0 saturated carbocycles. The fourth-order valence-corrected chi connectivity index (χ4v) is 4.53. The number of hydrogen-bond donors (Lipinski definition) is 1. The van der Waals surface area contributed by atoms with E-state index in [-0.39, 0.29) is 11.2 Å². The molecule has 3 aromatic rings. The number of benzene rings is 2. The average molecular weight is 420 g/mol. The number of carbonyl (C=O) groups excluding carboxylic acids is 1. The number of thioether (sulfide) groups is 1. The third-order valence-corrected chi connectivity index (χ3v) is 6.16. The lowest BCUT2D eigenvalue weighted by Gasteiger charge is -2.06. The highest BCUT2D eigenvalue weighted by atomic mass is 79.9. The number of nitrogens with one attached hydrogen (secondary N) is 1. The number of amides is 1. The smallest absolute Gasteiger partial charge is 0.253 e. The highest BCUT2D eigenvalue weighted by Gasteiger charge is 2.16. The van der Waals surface area contributed by atoms with E-state index in [0.717, 1.165) is 24.6 Å². The SMILES string of the molecule is CC(Sc1nc2ccccc2s1)C(=O)NN=Cc1ccccc1Br. The van der Waals surface area contributed by atoms with E-state index < -0.39 is 0 Å². The van der Waals surface area contributed by atoms with Crippen molar-refractivity contribution in [3.8, 4) is 0 Å².